The summed E-state index contributed by atoms with van der Waals surface area (Å²) in [7, 11) is 0. The first-order valence-electron chi connectivity index (χ1n) is 5.28. The van der Waals surface area contributed by atoms with Crippen LogP contribution in [0, 0.1) is 5.92 Å². The van der Waals surface area contributed by atoms with E-state index >= 15 is 0 Å². The molecule has 1 aromatic rings. The number of hydrogen-bond donors (Lipinski definition) is 1. The maximum Gasteiger partial charge on any atom is 0.0820 e. The summed E-state index contributed by atoms with van der Waals surface area (Å²) < 4.78 is 5.27. The van der Waals surface area contributed by atoms with Crippen LogP contribution in [0.5, 0.6) is 0 Å². The predicted octanol–water partition coefficient (Wildman–Crippen LogP) is 2.80. The molecule has 1 fully saturated rings. The normalized spacial score (nSPS) is 20.1. The summed E-state index contributed by atoms with van der Waals surface area (Å²) in [6.07, 6.45) is 1.44. The number of rotatable bonds is 2. The zero-order chi connectivity index (χ0) is 10.7. The van der Waals surface area contributed by atoms with Crippen LogP contribution in [0.4, 0.5) is 0 Å². The summed E-state index contributed by atoms with van der Waals surface area (Å²) in [6.45, 7) is 1.50. The monoisotopic (exact) mass is 226 g/mol. The van der Waals surface area contributed by atoms with Crippen LogP contribution in [0.25, 0.3) is 0 Å². The van der Waals surface area contributed by atoms with Gasteiger partial charge in [0.1, 0.15) is 0 Å². The van der Waals surface area contributed by atoms with Crippen molar-refractivity contribution in [2.75, 3.05) is 13.2 Å². The van der Waals surface area contributed by atoms with E-state index < -0.39 is 6.10 Å². The maximum absolute atomic E-state index is 10.2. The number of ether oxygens (including phenoxy) is 1. The maximum atomic E-state index is 10.2. The fourth-order valence-corrected chi connectivity index (χ4v) is 2.19. The molecule has 1 unspecified atom stereocenters. The molecule has 2 nitrogen and oxygen atoms in total. The largest absolute Gasteiger partial charge is 0.388 e. The van der Waals surface area contributed by atoms with Crippen molar-refractivity contribution >= 4 is 11.6 Å². The standard InChI is InChI=1S/C12H15ClO2/c13-11-3-1-2-10(8-11)12(14)9-4-6-15-7-5-9/h1-3,8-9,12,14H,4-7H2. The Kier molecular flexibility index (Phi) is 3.62. The van der Waals surface area contributed by atoms with Gasteiger partial charge in [-0.25, -0.2) is 0 Å². The first-order valence-corrected chi connectivity index (χ1v) is 5.66. The highest BCUT2D eigenvalue weighted by molar-refractivity contribution is 6.30. The lowest BCUT2D eigenvalue weighted by atomic mass is 9.89. The van der Waals surface area contributed by atoms with Crippen molar-refractivity contribution in [3.8, 4) is 0 Å². The Balaban J connectivity index is 2.08. The minimum absolute atomic E-state index is 0.303. The van der Waals surface area contributed by atoms with Crippen LogP contribution in [0.1, 0.15) is 24.5 Å². The van der Waals surface area contributed by atoms with Gasteiger partial charge in [-0.1, -0.05) is 23.7 Å². The van der Waals surface area contributed by atoms with E-state index in [0.717, 1.165) is 31.6 Å². The lowest BCUT2D eigenvalue weighted by Crippen LogP contribution is -2.21. The highest BCUT2D eigenvalue weighted by Crippen LogP contribution is 2.30. The molecule has 1 heterocycles. The third-order valence-electron chi connectivity index (χ3n) is 2.90. The number of hydrogen-bond acceptors (Lipinski definition) is 2. The lowest BCUT2D eigenvalue weighted by Gasteiger charge is -2.27. The fraction of sp³-hybridized carbons (Fsp3) is 0.500. The zero-order valence-corrected chi connectivity index (χ0v) is 9.28. The van der Waals surface area contributed by atoms with Gasteiger partial charge < -0.3 is 9.84 Å². The number of aliphatic hydroxyl groups is 1. The zero-order valence-electron chi connectivity index (χ0n) is 8.53. The molecule has 1 aromatic carbocycles. The summed E-state index contributed by atoms with van der Waals surface area (Å²) in [5, 5.41) is 10.8. The molecule has 1 saturated heterocycles. The molecule has 0 saturated carbocycles. The SMILES string of the molecule is OC(c1cccc(Cl)c1)C1CCOCC1. The van der Waals surface area contributed by atoms with Crippen LogP contribution >= 0.6 is 11.6 Å². The molecule has 1 atom stereocenters. The molecule has 3 heteroatoms. The Hall–Kier alpha value is -0.570. The predicted molar refractivity (Wildman–Crippen MR) is 60.0 cm³/mol. The van der Waals surface area contributed by atoms with Gasteiger partial charge in [-0.15, -0.1) is 0 Å². The second-order valence-electron chi connectivity index (χ2n) is 3.95. The van der Waals surface area contributed by atoms with Crippen molar-refractivity contribution < 1.29 is 9.84 Å². The molecule has 0 aromatic heterocycles. The topological polar surface area (TPSA) is 29.5 Å². The third kappa shape index (κ3) is 2.71. The molecule has 2 rings (SSSR count). The highest BCUT2D eigenvalue weighted by Gasteiger charge is 2.23. The Morgan fingerprint density at radius 1 is 1.33 bits per heavy atom. The number of aliphatic hydroxyl groups excluding tert-OH is 1. The minimum Gasteiger partial charge on any atom is -0.388 e. The van der Waals surface area contributed by atoms with Gasteiger partial charge in [0.15, 0.2) is 0 Å². The second kappa shape index (κ2) is 4.97. The number of halogens is 1. The summed E-state index contributed by atoms with van der Waals surface area (Å²) in [6, 6.07) is 7.45. The minimum atomic E-state index is -0.410. The average molecular weight is 227 g/mol. The van der Waals surface area contributed by atoms with Crippen LogP contribution in [0.15, 0.2) is 24.3 Å². The van der Waals surface area contributed by atoms with E-state index in [9.17, 15) is 5.11 Å². The molecule has 0 amide bonds. The van der Waals surface area contributed by atoms with Gasteiger partial charge in [-0.2, -0.15) is 0 Å². The van der Waals surface area contributed by atoms with Gasteiger partial charge in [0, 0.05) is 18.2 Å². The van der Waals surface area contributed by atoms with Crippen LogP contribution in [0.3, 0.4) is 0 Å². The van der Waals surface area contributed by atoms with Crippen LogP contribution < -0.4 is 0 Å². The Morgan fingerprint density at radius 2 is 2.07 bits per heavy atom. The van der Waals surface area contributed by atoms with Crippen molar-refractivity contribution in [3.63, 3.8) is 0 Å². The Morgan fingerprint density at radius 3 is 2.73 bits per heavy atom. The van der Waals surface area contributed by atoms with Gasteiger partial charge in [-0.3, -0.25) is 0 Å². The molecule has 82 valence electrons. The first kappa shape index (κ1) is 10.9. The van der Waals surface area contributed by atoms with Crippen molar-refractivity contribution in [3.05, 3.63) is 34.9 Å². The molecule has 1 N–H and O–H groups in total. The van der Waals surface area contributed by atoms with E-state index in [0.29, 0.717) is 10.9 Å². The van der Waals surface area contributed by atoms with Gasteiger partial charge in [0.05, 0.1) is 6.10 Å². The molecule has 1 aliphatic rings. The summed E-state index contributed by atoms with van der Waals surface area (Å²) in [5.41, 5.74) is 0.911. The lowest BCUT2D eigenvalue weighted by molar-refractivity contribution is 0.00719. The van der Waals surface area contributed by atoms with Crippen molar-refractivity contribution in [1.29, 1.82) is 0 Å². The number of benzene rings is 1. The van der Waals surface area contributed by atoms with Gasteiger partial charge in [0.25, 0.3) is 0 Å². The summed E-state index contributed by atoms with van der Waals surface area (Å²) >= 11 is 5.89. The quantitative estimate of drug-likeness (QED) is 0.841. The summed E-state index contributed by atoms with van der Waals surface area (Å²) in [5.74, 6) is 0.303. The summed E-state index contributed by atoms with van der Waals surface area (Å²) in [4.78, 5) is 0. The molecular weight excluding hydrogens is 212 g/mol. The third-order valence-corrected chi connectivity index (χ3v) is 3.14. The van der Waals surface area contributed by atoms with E-state index in [1.807, 2.05) is 24.3 Å². The van der Waals surface area contributed by atoms with Crippen molar-refractivity contribution in [2.24, 2.45) is 5.92 Å². The van der Waals surface area contributed by atoms with Crippen molar-refractivity contribution in [1.82, 2.24) is 0 Å². The average Bonchev–Trinajstić information content (AvgIpc) is 2.29. The van der Waals surface area contributed by atoms with E-state index in [-0.39, 0.29) is 0 Å². The van der Waals surface area contributed by atoms with E-state index in [4.69, 9.17) is 16.3 Å². The smallest absolute Gasteiger partial charge is 0.0820 e. The molecular formula is C12H15ClO2. The molecule has 0 radical (unpaired) electrons. The molecule has 1 aliphatic heterocycles. The van der Waals surface area contributed by atoms with E-state index in [1.54, 1.807) is 0 Å². The van der Waals surface area contributed by atoms with Crippen molar-refractivity contribution in [2.45, 2.75) is 18.9 Å². The molecule has 0 spiro atoms. The van der Waals surface area contributed by atoms with Crippen LogP contribution in [-0.2, 0) is 4.74 Å². The van der Waals surface area contributed by atoms with Gasteiger partial charge >= 0.3 is 0 Å². The van der Waals surface area contributed by atoms with E-state index in [1.165, 1.54) is 0 Å². The fourth-order valence-electron chi connectivity index (χ4n) is 1.99. The Bertz CT molecular complexity index is 321. The molecule has 0 bridgehead atoms. The Labute approximate surface area is 94.8 Å². The molecule has 15 heavy (non-hydrogen) atoms. The van der Waals surface area contributed by atoms with Gasteiger partial charge in [0.2, 0.25) is 0 Å². The molecule has 0 aliphatic carbocycles. The van der Waals surface area contributed by atoms with Crippen LogP contribution in [0.2, 0.25) is 5.02 Å². The first-order chi connectivity index (χ1) is 7.27. The van der Waals surface area contributed by atoms with Gasteiger partial charge in [-0.05, 0) is 36.5 Å². The van der Waals surface area contributed by atoms with Crippen LogP contribution in [-0.4, -0.2) is 18.3 Å². The second-order valence-corrected chi connectivity index (χ2v) is 4.39. The highest BCUT2D eigenvalue weighted by atomic mass is 35.5. The van der Waals surface area contributed by atoms with E-state index in [2.05, 4.69) is 0 Å².